The summed E-state index contributed by atoms with van der Waals surface area (Å²) in [5, 5.41) is 3.25. The highest BCUT2D eigenvalue weighted by molar-refractivity contribution is 6.10. The van der Waals surface area contributed by atoms with Crippen molar-refractivity contribution in [2.45, 2.75) is 33.6 Å². The van der Waals surface area contributed by atoms with Gasteiger partial charge in [-0.2, -0.15) is 0 Å². The third-order valence-corrected chi connectivity index (χ3v) is 5.40. The van der Waals surface area contributed by atoms with Crippen LogP contribution in [0.4, 0.5) is 11.8 Å². The normalized spacial score (nSPS) is 14.4. The van der Waals surface area contributed by atoms with Gasteiger partial charge in [0.2, 0.25) is 5.95 Å². The van der Waals surface area contributed by atoms with E-state index in [4.69, 9.17) is 25.2 Å². The Morgan fingerprint density at radius 3 is 2.73 bits per heavy atom. The molecule has 33 heavy (non-hydrogen) atoms. The molecule has 0 unspecified atom stereocenters. The van der Waals surface area contributed by atoms with Gasteiger partial charge in [-0.15, -0.1) is 0 Å². The first-order valence-corrected chi connectivity index (χ1v) is 11.0. The lowest BCUT2D eigenvalue weighted by Crippen LogP contribution is -2.18. The number of aromatic nitrogens is 3. The zero-order chi connectivity index (χ0) is 24.0. The molecule has 0 saturated carbocycles. The lowest BCUT2D eigenvalue weighted by molar-refractivity contribution is -0.123. The Labute approximate surface area is 194 Å². The van der Waals surface area contributed by atoms with Crippen molar-refractivity contribution in [1.29, 1.82) is 0 Å². The molecular weight excluding hydrogens is 420 g/mol. The molecule has 0 fully saturated rings. The second kappa shape index (κ2) is 11.0. The van der Waals surface area contributed by atoms with Crippen LogP contribution < -0.4 is 15.8 Å². The number of pyridine rings is 1. The molecule has 3 heterocycles. The molecule has 2 aromatic rings. The van der Waals surface area contributed by atoms with Gasteiger partial charge in [-0.1, -0.05) is 20.8 Å². The first-order valence-electron chi connectivity index (χ1n) is 11.0. The van der Waals surface area contributed by atoms with Crippen molar-refractivity contribution in [3.63, 3.8) is 0 Å². The van der Waals surface area contributed by atoms with Crippen LogP contribution in [0.25, 0.3) is 11.3 Å². The summed E-state index contributed by atoms with van der Waals surface area (Å²) in [5.41, 5.74) is 10.4. The van der Waals surface area contributed by atoms with E-state index in [9.17, 15) is 4.79 Å². The molecule has 1 atom stereocenters. The van der Waals surface area contributed by atoms with Gasteiger partial charge in [0.05, 0.1) is 18.5 Å². The minimum absolute atomic E-state index is 0.0770. The van der Waals surface area contributed by atoms with Crippen LogP contribution in [0.3, 0.4) is 0 Å². The summed E-state index contributed by atoms with van der Waals surface area (Å²) in [4.78, 5) is 30.0. The van der Waals surface area contributed by atoms with Crippen LogP contribution in [-0.4, -0.2) is 53.8 Å². The number of ketones is 1. The molecule has 0 radical (unpaired) electrons. The second-order valence-corrected chi connectivity index (χ2v) is 8.50. The Balaban J connectivity index is 1.85. The van der Waals surface area contributed by atoms with Crippen molar-refractivity contribution in [2.75, 3.05) is 38.4 Å². The summed E-state index contributed by atoms with van der Waals surface area (Å²) in [6, 6.07) is 3.73. The fraction of sp³-hybridized carbons (Fsp3) is 0.458. The Kier molecular flexibility index (Phi) is 8.11. The molecule has 0 spiro atoms. The van der Waals surface area contributed by atoms with Crippen LogP contribution >= 0.6 is 0 Å². The predicted molar refractivity (Wildman–Crippen MR) is 130 cm³/mol. The fourth-order valence-electron chi connectivity index (χ4n) is 3.61. The number of nitrogens with zero attached hydrogens (tertiary/aromatic N) is 4. The number of ether oxygens (including phenoxy) is 2. The van der Waals surface area contributed by atoms with Gasteiger partial charge in [0, 0.05) is 55.7 Å². The minimum atomic E-state index is 0.0770. The summed E-state index contributed by atoms with van der Waals surface area (Å²) in [7, 11) is 3.09. The second-order valence-electron chi connectivity index (χ2n) is 8.50. The standard InChI is InChI=1S/C24H32N6O3/c1-14(2)20-10-18(22(29-20)16-9-21(33-5)23(25)27-12-16)19-6-7-26-24(30-19)28-11-15(3)8-17(31)13-32-4/h6-7,9,12,14-15H,8,10-11,13H2,1-5H3,(H2,25,27)(H,26,28,30)/t15-/m1/s1. The molecule has 9 nitrogen and oxygen atoms in total. The maximum absolute atomic E-state index is 11.8. The average Bonchev–Trinajstić information content (AvgIpc) is 3.24. The molecule has 1 aliphatic rings. The van der Waals surface area contributed by atoms with Gasteiger partial charge in [-0.05, 0) is 24.0 Å². The molecular formula is C24H32N6O3. The van der Waals surface area contributed by atoms with Crippen LogP contribution in [0, 0.1) is 11.8 Å². The minimum Gasteiger partial charge on any atom is -0.493 e. The lowest BCUT2D eigenvalue weighted by Gasteiger charge is -2.13. The number of rotatable bonds is 11. The highest BCUT2D eigenvalue weighted by Gasteiger charge is 2.24. The number of nitrogens with one attached hydrogen (secondary N) is 1. The average molecular weight is 453 g/mol. The first kappa shape index (κ1) is 24.3. The number of allylic oxidation sites excluding steroid dienone is 1. The summed E-state index contributed by atoms with van der Waals surface area (Å²) >= 11 is 0. The van der Waals surface area contributed by atoms with Crippen molar-refractivity contribution in [2.24, 2.45) is 16.8 Å². The first-order chi connectivity index (χ1) is 15.8. The van der Waals surface area contributed by atoms with Crippen LogP contribution in [0.5, 0.6) is 5.75 Å². The van der Waals surface area contributed by atoms with E-state index in [1.165, 1.54) is 7.11 Å². The van der Waals surface area contributed by atoms with E-state index in [1.807, 2.05) is 19.1 Å². The van der Waals surface area contributed by atoms with Gasteiger partial charge in [-0.25, -0.2) is 15.0 Å². The molecule has 3 rings (SSSR count). The highest BCUT2D eigenvalue weighted by Crippen LogP contribution is 2.38. The number of carbonyl (C=O) groups excluding carboxylic acids is 1. The number of carbonyl (C=O) groups is 1. The molecule has 1 aliphatic heterocycles. The van der Waals surface area contributed by atoms with Crippen molar-refractivity contribution >= 4 is 34.5 Å². The number of nitrogen functional groups attached to an aromatic ring is 1. The molecule has 0 aliphatic carbocycles. The maximum Gasteiger partial charge on any atom is 0.223 e. The smallest absolute Gasteiger partial charge is 0.223 e. The van der Waals surface area contributed by atoms with Gasteiger partial charge in [0.25, 0.3) is 0 Å². The van der Waals surface area contributed by atoms with Crippen LogP contribution in [-0.2, 0) is 9.53 Å². The molecule has 0 bridgehead atoms. The van der Waals surface area contributed by atoms with Crippen molar-refractivity contribution < 1.29 is 14.3 Å². The Morgan fingerprint density at radius 1 is 1.24 bits per heavy atom. The number of hydrogen-bond acceptors (Lipinski definition) is 9. The predicted octanol–water partition coefficient (Wildman–Crippen LogP) is 3.49. The SMILES string of the molecule is COCC(=O)C[C@@H](C)CNc1nccc(C2=C(c3cnc(N)c(OC)c3)N=C(C(C)C)C2)n1. The number of aliphatic imine (C=N–C) groups is 1. The zero-order valence-electron chi connectivity index (χ0n) is 19.9. The van der Waals surface area contributed by atoms with Crippen molar-refractivity contribution in [3.8, 4) is 5.75 Å². The summed E-state index contributed by atoms with van der Waals surface area (Å²) in [6.07, 6.45) is 4.57. The van der Waals surface area contributed by atoms with Gasteiger partial charge in [0.1, 0.15) is 6.61 Å². The number of anilines is 2. The molecule has 2 aromatic heterocycles. The number of nitrogens with two attached hydrogens (primary N) is 1. The van der Waals surface area contributed by atoms with E-state index in [0.717, 1.165) is 28.2 Å². The Bertz CT molecular complexity index is 1060. The van der Waals surface area contributed by atoms with Crippen LogP contribution in [0.1, 0.15) is 44.9 Å². The third-order valence-electron chi connectivity index (χ3n) is 5.40. The molecule has 0 amide bonds. The van der Waals surface area contributed by atoms with Gasteiger partial charge < -0.3 is 20.5 Å². The molecule has 176 valence electrons. The van der Waals surface area contributed by atoms with Crippen LogP contribution in [0.15, 0.2) is 29.5 Å². The quantitative estimate of drug-likeness (QED) is 0.531. The zero-order valence-corrected chi connectivity index (χ0v) is 19.9. The van der Waals surface area contributed by atoms with E-state index in [2.05, 4.69) is 29.1 Å². The molecule has 3 N–H and O–H groups in total. The van der Waals surface area contributed by atoms with Gasteiger partial charge in [0.15, 0.2) is 17.4 Å². The number of Topliss-reactive ketones (excluding diaryl/α,β-unsaturated/α-hetero) is 1. The molecule has 9 heteroatoms. The Morgan fingerprint density at radius 2 is 2.03 bits per heavy atom. The number of hydrogen-bond donors (Lipinski definition) is 2. The van der Waals surface area contributed by atoms with Gasteiger partial charge >= 0.3 is 0 Å². The van der Waals surface area contributed by atoms with Crippen LogP contribution in [0.2, 0.25) is 0 Å². The lowest BCUT2D eigenvalue weighted by atomic mass is 9.98. The topological polar surface area (TPSA) is 125 Å². The third kappa shape index (κ3) is 6.13. The van der Waals surface area contributed by atoms with E-state index >= 15 is 0 Å². The monoisotopic (exact) mass is 452 g/mol. The largest absolute Gasteiger partial charge is 0.493 e. The summed E-state index contributed by atoms with van der Waals surface area (Å²) < 4.78 is 10.3. The fourth-order valence-corrected chi connectivity index (χ4v) is 3.61. The molecule has 0 saturated heterocycles. The number of methoxy groups -OCH3 is 2. The van der Waals surface area contributed by atoms with E-state index in [0.29, 0.717) is 42.8 Å². The summed E-state index contributed by atoms with van der Waals surface area (Å²) in [6.45, 7) is 6.97. The van der Waals surface area contributed by atoms with Crippen molar-refractivity contribution in [3.05, 3.63) is 35.8 Å². The summed E-state index contributed by atoms with van der Waals surface area (Å²) in [5.74, 6) is 1.86. The highest BCUT2D eigenvalue weighted by atomic mass is 16.5. The van der Waals surface area contributed by atoms with E-state index in [1.54, 1.807) is 19.5 Å². The van der Waals surface area contributed by atoms with E-state index < -0.39 is 0 Å². The molecule has 0 aromatic carbocycles. The van der Waals surface area contributed by atoms with Gasteiger partial charge in [-0.3, -0.25) is 9.79 Å². The van der Waals surface area contributed by atoms with E-state index in [-0.39, 0.29) is 18.3 Å². The van der Waals surface area contributed by atoms with Crippen molar-refractivity contribution in [1.82, 2.24) is 15.0 Å². The Hall–Kier alpha value is -3.33. The maximum atomic E-state index is 11.8.